The Labute approximate surface area is 115 Å². The van der Waals surface area contributed by atoms with E-state index < -0.39 is 0 Å². The Morgan fingerprint density at radius 1 is 1.17 bits per heavy atom. The molecule has 1 unspecified atom stereocenters. The predicted molar refractivity (Wildman–Crippen MR) is 77.3 cm³/mol. The third-order valence-electron chi connectivity index (χ3n) is 2.72. The summed E-state index contributed by atoms with van der Waals surface area (Å²) in [5, 5.41) is 12.3. The van der Waals surface area contributed by atoms with Gasteiger partial charge in [0.15, 0.2) is 0 Å². The molecule has 1 N–H and O–H groups in total. The summed E-state index contributed by atoms with van der Waals surface area (Å²) in [6.07, 6.45) is 0. The number of nitrogens with one attached hydrogen (secondary N) is 1. The van der Waals surface area contributed by atoms with Gasteiger partial charge >= 0.3 is 0 Å². The molecule has 0 fully saturated rings. The molecule has 1 atom stereocenters. The van der Waals surface area contributed by atoms with Crippen LogP contribution >= 0.6 is 15.9 Å². The largest absolute Gasteiger partial charge is 0.378 e. The van der Waals surface area contributed by atoms with Gasteiger partial charge in [-0.1, -0.05) is 34.1 Å². The maximum Gasteiger partial charge on any atom is 0.0992 e. The van der Waals surface area contributed by atoms with Gasteiger partial charge in [-0.2, -0.15) is 5.26 Å². The van der Waals surface area contributed by atoms with Crippen LogP contribution in [0.3, 0.4) is 0 Å². The van der Waals surface area contributed by atoms with Crippen molar-refractivity contribution in [1.82, 2.24) is 0 Å². The summed E-state index contributed by atoms with van der Waals surface area (Å²) in [4.78, 5) is 0. The lowest BCUT2D eigenvalue weighted by Crippen LogP contribution is -2.06. The second-order valence-corrected chi connectivity index (χ2v) is 5.03. The molecule has 0 spiro atoms. The molecule has 2 rings (SSSR count). The van der Waals surface area contributed by atoms with Crippen molar-refractivity contribution in [2.45, 2.75) is 13.0 Å². The van der Waals surface area contributed by atoms with Crippen LogP contribution in [-0.2, 0) is 0 Å². The number of nitrogens with zero attached hydrogens (tertiary/aromatic N) is 1. The van der Waals surface area contributed by atoms with Crippen LogP contribution in [0.5, 0.6) is 0 Å². The fraction of sp³-hybridized carbons (Fsp3) is 0.133. The number of rotatable bonds is 3. The lowest BCUT2D eigenvalue weighted by molar-refractivity contribution is 0.884. The number of hydrogen-bond donors (Lipinski definition) is 1. The molecule has 0 aliphatic rings. The summed E-state index contributed by atoms with van der Waals surface area (Å²) < 4.78 is 1.07. The van der Waals surface area contributed by atoms with Gasteiger partial charge in [0, 0.05) is 16.2 Å². The van der Waals surface area contributed by atoms with Crippen LogP contribution in [0.4, 0.5) is 5.69 Å². The van der Waals surface area contributed by atoms with Crippen LogP contribution in [0.25, 0.3) is 0 Å². The van der Waals surface area contributed by atoms with Crippen molar-refractivity contribution in [3.8, 4) is 6.07 Å². The minimum atomic E-state index is 0.191. The Hall–Kier alpha value is -1.79. The lowest BCUT2D eigenvalue weighted by atomic mass is 10.1. The van der Waals surface area contributed by atoms with Crippen molar-refractivity contribution in [2.24, 2.45) is 0 Å². The first-order chi connectivity index (χ1) is 8.69. The Bertz CT molecular complexity index is 587. The molecule has 0 heterocycles. The van der Waals surface area contributed by atoms with Crippen molar-refractivity contribution in [2.75, 3.05) is 5.32 Å². The molecule has 0 saturated carbocycles. The molecule has 90 valence electrons. The van der Waals surface area contributed by atoms with Gasteiger partial charge in [0.2, 0.25) is 0 Å². The number of halogens is 1. The molecule has 0 bridgehead atoms. The summed E-state index contributed by atoms with van der Waals surface area (Å²) >= 11 is 3.47. The smallest absolute Gasteiger partial charge is 0.0992 e. The molecule has 0 saturated heterocycles. The average Bonchev–Trinajstić information content (AvgIpc) is 2.39. The third kappa shape index (κ3) is 3.12. The van der Waals surface area contributed by atoms with E-state index in [9.17, 15) is 0 Å². The molecular formula is C15H13BrN2. The molecule has 0 amide bonds. The maximum atomic E-state index is 8.87. The first-order valence-electron chi connectivity index (χ1n) is 5.71. The SMILES string of the molecule is CC(Nc1cccc(C#N)c1)c1cccc(Br)c1. The fourth-order valence-electron chi connectivity index (χ4n) is 1.79. The predicted octanol–water partition coefficient (Wildman–Crippen LogP) is 4.49. The maximum absolute atomic E-state index is 8.87. The lowest BCUT2D eigenvalue weighted by Gasteiger charge is -2.16. The van der Waals surface area contributed by atoms with Gasteiger partial charge in [-0.05, 0) is 42.8 Å². The van der Waals surface area contributed by atoms with E-state index in [1.807, 2.05) is 30.3 Å². The van der Waals surface area contributed by atoms with Gasteiger partial charge in [0.25, 0.3) is 0 Å². The second-order valence-electron chi connectivity index (χ2n) is 4.11. The Morgan fingerprint density at radius 2 is 1.94 bits per heavy atom. The quantitative estimate of drug-likeness (QED) is 0.906. The van der Waals surface area contributed by atoms with Crippen LogP contribution in [-0.4, -0.2) is 0 Å². The highest BCUT2D eigenvalue weighted by atomic mass is 79.9. The Balaban J connectivity index is 2.16. The number of nitriles is 1. The molecule has 2 aromatic carbocycles. The van der Waals surface area contributed by atoms with E-state index in [1.54, 1.807) is 6.07 Å². The van der Waals surface area contributed by atoms with Crippen molar-refractivity contribution >= 4 is 21.6 Å². The van der Waals surface area contributed by atoms with Gasteiger partial charge in [-0.15, -0.1) is 0 Å². The summed E-state index contributed by atoms with van der Waals surface area (Å²) in [7, 11) is 0. The molecule has 0 aliphatic carbocycles. The van der Waals surface area contributed by atoms with Crippen LogP contribution < -0.4 is 5.32 Å². The van der Waals surface area contributed by atoms with E-state index in [4.69, 9.17) is 5.26 Å². The fourth-order valence-corrected chi connectivity index (χ4v) is 2.20. The van der Waals surface area contributed by atoms with E-state index in [2.05, 4.69) is 46.4 Å². The Morgan fingerprint density at radius 3 is 2.67 bits per heavy atom. The highest BCUT2D eigenvalue weighted by Crippen LogP contribution is 2.22. The zero-order valence-corrected chi connectivity index (χ0v) is 11.6. The highest BCUT2D eigenvalue weighted by Gasteiger charge is 2.05. The number of benzene rings is 2. The van der Waals surface area contributed by atoms with Crippen LogP contribution in [0.1, 0.15) is 24.1 Å². The second kappa shape index (κ2) is 5.70. The summed E-state index contributed by atoms with van der Waals surface area (Å²) in [6, 6.07) is 18.0. The zero-order chi connectivity index (χ0) is 13.0. The highest BCUT2D eigenvalue weighted by molar-refractivity contribution is 9.10. The van der Waals surface area contributed by atoms with E-state index in [0.717, 1.165) is 10.2 Å². The van der Waals surface area contributed by atoms with Crippen LogP contribution in [0.15, 0.2) is 53.0 Å². The summed E-state index contributed by atoms with van der Waals surface area (Å²) in [5.74, 6) is 0. The Kier molecular flexibility index (Phi) is 4.01. The first-order valence-corrected chi connectivity index (χ1v) is 6.50. The monoisotopic (exact) mass is 300 g/mol. The molecule has 0 aliphatic heterocycles. The van der Waals surface area contributed by atoms with E-state index in [-0.39, 0.29) is 6.04 Å². The van der Waals surface area contributed by atoms with E-state index in [0.29, 0.717) is 5.56 Å². The minimum absolute atomic E-state index is 0.191. The topological polar surface area (TPSA) is 35.8 Å². The molecular weight excluding hydrogens is 288 g/mol. The number of hydrogen-bond acceptors (Lipinski definition) is 2. The minimum Gasteiger partial charge on any atom is -0.378 e. The van der Waals surface area contributed by atoms with Crippen molar-refractivity contribution in [3.05, 3.63) is 64.1 Å². The van der Waals surface area contributed by atoms with E-state index in [1.165, 1.54) is 5.56 Å². The van der Waals surface area contributed by atoms with E-state index >= 15 is 0 Å². The summed E-state index contributed by atoms with van der Waals surface area (Å²) in [5.41, 5.74) is 2.83. The molecule has 0 aromatic heterocycles. The zero-order valence-electron chi connectivity index (χ0n) is 10.0. The van der Waals surface area contributed by atoms with Crippen molar-refractivity contribution in [3.63, 3.8) is 0 Å². The third-order valence-corrected chi connectivity index (χ3v) is 3.22. The van der Waals surface area contributed by atoms with Gasteiger partial charge in [0.05, 0.1) is 11.6 Å². The molecule has 18 heavy (non-hydrogen) atoms. The standard InChI is InChI=1S/C15H13BrN2/c1-11(13-5-3-6-14(16)9-13)18-15-7-2-4-12(8-15)10-17/h2-9,11,18H,1H3. The van der Waals surface area contributed by atoms with Gasteiger partial charge in [0.1, 0.15) is 0 Å². The van der Waals surface area contributed by atoms with Crippen molar-refractivity contribution in [1.29, 1.82) is 5.26 Å². The molecule has 3 heteroatoms. The molecule has 2 aromatic rings. The summed E-state index contributed by atoms with van der Waals surface area (Å²) in [6.45, 7) is 2.10. The van der Waals surface area contributed by atoms with Gasteiger partial charge < -0.3 is 5.32 Å². The van der Waals surface area contributed by atoms with Crippen LogP contribution in [0, 0.1) is 11.3 Å². The first kappa shape index (κ1) is 12.7. The average molecular weight is 301 g/mol. The molecule has 2 nitrogen and oxygen atoms in total. The molecule has 0 radical (unpaired) electrons. The normalized spacial score (nSPS) is 11.6. The van der Waals surface area contributed by atoms with Gasteiger partial charge in [-0.3, -0.25) is 0 Å². The van der Waals surface area contributed by atoms with Crippen LogP contribution in [0.2, 0.25) is 0 Å². The number of anilines is 1. The van der Waals surface area contributed by atoms with Gasteiger partial charge in [-0.25, -0.2) is 0 Å². The van der Waals surface area contributed by atoms with Crippen molar-refractivity contribution < 1.29 is 0 Å².